The first-order valence-electron chi connectivity index (χ1n) is 5.39. The van der Waals surface area contributed by atoms with Crippen LogP contribution in [0, 0.1) is 0 Å². The van der Waals surface area contributed by atoms with E-state index in [1.54, 1.807) is 11.8 Å². The van der Waals surface area contributed by atoms with E-state index < -0.39 is 0 Å². The lowest BCUT2D eigenvalue weighted by Gasteiger charge is -2.06. The number of rotatable bonds is 8. The number of aliphatic hydroxyl groups excluding tert-OH is 1. The highest BCUT2D eigenvalue weighted by Gasteiger charge is 1.93. The van der Waals surface area contributed by atoms with Crippen LogP contribution in [0.4, 0.5) is 0 Å². The van der Waals surface area contributed by atoms with Gasteiger partial charge in [-0.1, -0.05) is 12.1 Å². The minimum absolute atomic E-state index is 0.0934. The van der Waals surface area contributed by atoms with Crippen LogP contribution in [-0.2, 0) is 11.3 Å². The van der Waals surface area contributed by atoms with Crippen molar-refractivity contribution in [1.29, 1.82) is 0 Å². The minimum atomic E-state index is 0.0934. The molecule has 1 aromatic carbocycles. The molecule has 0 heterocycles. The molecule has 0 aliphatic carbocycles. The normalized spacial score (nSPS) is 10.6. The number of ether oxygens (including phenoxy) is 1. The molecular weight excluding hydrogens is 222 g/mol. The van der Waals surface area contributed by atoms with Gasteiger partial charge in [-0.2, -0.15) is 0 Å². The van der Waals surface area contributed by atoms with Gasteiger partial charge in [-0.05, 0) is 24.0 Å². The molecule has 1 aromatic rings. The molecule has 0 saturated heterocycles. The quantitative estimate of drug-likeness (QED) is 0.535. The Morgan fingerprint density at radius 2 is 2.00 bits per heavy atom. The van der Waals surface area contributed by atoms with Crippen molar-refractivity contribution < 1.29 is 9.84 Å². The third kappa shape index (κ3) is 5.51. The SMILES string of the molecule is CSc1ccc(CNCCOCCO)cc1. The number of benzene rings is 1. The van der Waals surface area contributed by atoms with Crippen LogP contribution in [0.3, 0.4) is 0 Å². The Balaban J connectivity index is 2.12. The maximum absolute atomic E-state index is 8.50. The van der Waals surface area contributed by atoms with E-state index in [9.17, 15) is 0 Å². The van der Waals surface area contributed by atoms with Crippen molar-refractivity contribution >= 4 is 11.8 Å². The third-order valence-corrected chi connectivity index (χ3v) is 2.89. The summed E-state index contributed by atoms with van der Waals surface area (Å²) in [4.78, 5) is 1.29. The molecule has 0 aromatic heterocycles. The zero-order chi connectivity index (χ0) is 11.6. The first-order chi connectivity index (χ1) is 7.86. The van der Waals surface area contributed by atoms with E-state index in [1.165, 1.54) is 10.5 Å². The summed E-state index contributed by atoms with van der Waals surface area (Å²) in [7, 11) is 0. The summed E-state index contributed by atoms with van der Waals surface area (Å²) in [5, 5.41) is 11.8. The fourth-order valence-electron chi connectivity index (χ4n) is 1.29. The second-order valence-electron chi connectivity index (χ2n) is 3.36. The van der Waals surface area contributed by atoms with Gasteiger partial charge in [0.05, 0.1) is 19.8 Å². The maximum atomic E-state index is 8.50. The predicted molar refractivity (Wildman–Crippen MR) is 67.8 cm³/mol. The highest BCUT2D eigenvalue weighted by atomic mass is 32.2. The van der Waals surface area contributed by atoms with E-state index >= 15 is 0 Å². The lowest BCUT2D eigenvalue weighted by molar-refractivity contribution is 0.0938. The summed E-state index contributed by atoms with van der Waals surface area (Å²) in [5.74, 6) is 0. The number of hydrogen-bond acceptors (Lipinski definition) is 4. The van der Waals surface area contributed by atoms with E-state index in [0.29, 0.717) is 13.2 Å². The molecule has 0 fully saturated rings. The lowest BCUT2D eigenvalue weighted by atomic mass is 10.2. The summed E-state index contributed by atoms with van der Waals surface area (Å²) >= 11 is 1.75. The van der Waals surface area contributed by atoms with Crippen molar-refractivity contribution in [3.63, 3.8) is 0 Å². The van der Waals surface area contributed by atoms with Crippen LogP contribution >= 0.6 is 11.8 Å². The Morgan fingerprint density at radius 3 is 2.62 bits per heavy atom. The van der Waals surface area contributed by atoms with Gasteiger partial charge in [0, 0.05) is 18.0 Å². The van der Waals surface area contributed by atoms with Crippen molar-refractivity contribution in [2.75, 3.05) is 32.6 Å². The van der Waals surface area contributed by atoms with Gasteiger partial charge in [0.25, 0.3) is 0 Å². The van der Waals surface area contributed by atoms with Crippen molar-refractivity contribution in [2.24, 2.45) is 0 Å². The molecule has 0 saturated carbocycles. The molecule has 0 amide bonds. The van der Waals surface area contributed by atoms with Crippen molar-refractivity contribution in [3.05, 3.63) is 29.8 Å². The van der Waals surface area contributed by atoms with Gasteiger partial charge in [0.15, 0.2) is 0 Å². The standard InChI is InChI=1S/C12H19NO2S/c1-16-12-4-2-11(3-5-12)10-13-6-8-15-9-7-14/h2-5,13-14H,6-10H2,1H3. The van der Waals surface area contributed by atoms with E-state index in [4.69, 9.17) is 9.84 Å². The molecule has 0 atom stereocenters. The number of hydrogen-bond donors (Lipinski definition) is 2. The van der Waals surface area contributed by atoms with Crippen LogP contribution in [0.1, 0.15) is 5.56 Å². The minimum Gasteiger partial charge on any atom is -0.394 e. The Morgan fingerprint density at radius 1 is 1.25 bits per heavy atom. The van der Waals surface area contributed by atoms with Gasteiger partial charge in [0.1, 0.15) is 0 Å². The van der Waals surface area contributed by atoms with Crippen LogP contribution in [0.15, 0.2) is 29.2 Å². The van der Waals surface area contributed by atoms with Crippen LogP contribution in [0.5, 0.6) is 0 Å². The number of thioether (sulfide) groups is 1. The topological polar surface area (TPSA) is 41.5 Å². The second-order valence-corrected chi connectivity index (χ2v) is 4.24. The van der Waals surface area contributed by atoms with E-state index in [-0.39, 0.29) is 6.61 Å². The third-order valence-electron chi connectivity index (χ3n) is 2.15. The molecule has 0 unspecified atom stereocenters. The maximum Gasteiger partial charge on any atom is 0.0698 e. The van der Waals surface area contributed by atoms with E-state index in [2.05, 4.69) is 35.8 Å². The molecule has 0 spiro atoms. The Hall–Kier alpha value is -0.550. The first-order valence-corrected chi connectivity index (χ1v) is 6.61. The lowest BCUT2D eigenvalue weighted by Crippen LogP contribution is -2.19. The highest BCUT2D eigenvalue weighted by Crippen LogP contribution is 2.14. The van der Waals surface area contributed by atoms with E-state index in [1.807, 2.05) is 0 Å². The number of aliphatic hydroxyl groups is 1. The predicted octanol–water partition coefficient (Wildman–Crippen LogP) is 1.51. The Kier molecular flexibility index (Phi) is 7.25. The van der Waals surface area contributed by atoms with Crippen LogP contribution in [0.2, 0.25) is 0 Å². The summed E-state index contributed by atoms with van der Waals surface area (Å²) in [6.45, 7) is 2.82. The van der Waals surface area contributed by atoms with Crippen molar-refractivity contribution in [2.45, 2.75) is 11.4 Å². The molecular formula is C12H19NO2S. The zero-order valence-corrected chi connectivity index (χ0v) is 10.4. The fourth-order valence-corrected chi connectivity index (χ4v) is 1.70. The molecule has 16 heavy (non-hydrogen) atoms. The van der Waals surface area contributed by atoms with Gasteiger partial charge >= 0.3 is 0 Å². The van der Waals surface area contributed by atoms with Crippen LogP contribution in [0.25, 0.3) is 0 Å². The van der Waals surface area contributed by atoms with Crippen LogP contribution < -0.4 is 5.32 Å². The number of nitrogens with one attached hydrogen (secondary N) is 1. The molecule has 4 heteroatoms. The largest absolute Gasteiger partial charge is 0.394 e. The molecule has 0 bridgehead atoms. The van der Waals surface area contributed by atoms with Gasteiger partial charge in [-0.3, -0.25) is 0 Å². The molecule has 3 nitrogen and oxygen atoms in total. The Bertz CT molecular complexity index is 277. The molecule has 1 rings (SSSR count). The first kappa shape index (κ1) is 13.5. The summed E-state index contributed by atoms with van der Waals surface area (Å²) < 4.78 is 5.14. The molecule has 0 radical (unpaired) electrons. The average molecular weight is 241 g/mol. The fraction of sp³-hybridized carbons (Fsp3) is 0.500. The smallest absolute Gasteiger partial charge is 0.0698 e. The van der Waals surface area contributed by atoms with Gasteiger partial charge in [0.2, 0.25) is 0 Å². The molecule has 0 aliphatic heterocycles. The monoisotopic (exact) mass is 241 g/mol. The van der Waals surface area contributed by atoms with Crippen molar-refractivity contribution in [1.82, 2.24) is 5.32 Å². The summed E-state index contributed by atoms with van der Waals surface area (Å²) in [5.41, 5.74) is 1.28. The zero-order valence-electron chi connectivity index (χ0n) is 9.61. The molecule has 2 N–H and O–H groups in total. The van der Waals surface area contributed by atoms with Gasteiger partial charge in [-0.15, -0.1) is 11.8 Å². The van der Waals surface area contributed by atoms with Gasteiger partial charge in [-0.25, -0.2) is 0 Å². The highest BCUT2D eigenvalue weighted by molar-refractivity contribution is 7.98. The Labute approximate surface area is 101 Å². The molecule has 0 aliphatic rings. The van der Waals surface area contributed by atoms with E-state index in [0.717, 1.165) is 13.1 Å². The summed E-state index contributed by atoms with van der Waals surface area (Å²) in [6.07, 6.45) is 2.08. The average Bonchev–Trinajstić information content (AvgIpc) is 2.34. The van der Waals surface area contributed by atoms with Gasteiger partial charge < -0.3 is 15.2 Å². The second kappa shape index (κ2) is 8.58. The summed E-state index contributed by atoms with van der Waals surface area (Å²) in [6, 6.07) is 8.52. The molecule has 90 valence electrons. The van der Waals surface area contributed by atoms with Crippen LogP contribution in [-0.4, -0.2) is 37.7 Å². The van der Waals surface area contributed by atoms with Crippen molar-refractivity contribution in [3.8, 4) is 0 Å².